The summed E-state index contributed by atoms with van der Waals surface area (Å²) in [5.74, 6) is 0.668. The minimum Gasteiger partial charge on any atom is -0.309 e. The van der Waals surface area contributed by atoms with Crippen LogP contribution in [0.2, 0.25) is 0 Å². The number of hydrogen-bond acceptors (Lipinski definition) is 2. The Morgan fingerprint density at radius 2 is 0.837 bits per heavy atom. The van der Waals surface area contributed by atoms with Gasteiger partial charge in [-0.05, 0) is 65.7 Å². The summed E-state index contributed by atoms with van der Waals surface area (Å²) < 4.78 is 4.57. The average molecular weight is 629 g/mol. The molecule has 0 aliphatic carbocycles. The molecule has 0 spiro atoms. The van der Waals surface area contributed by atoms with E-state index in [-0.39, 0.29) is 7.43 Å². The van der Waals surface area contributed by atoms with Gasteiger partial charge in [0.1, 0.15) is 0 Å². The van der Waals surface area contributed by atoms with E-state index in [4.69, 9.17) is 9.97 Å². The van der Waals surface area contributed by atoms with Crippen molar-refractivity contribution in [3.63, 3.8) is 0 Å². The zero-order valence-electron chi connectivity index (χ0n) is 26.0. The SMILES string of the molecule is C.c1ccc(-c2nc(-n3c4ccccc4c4cc(-c5ccc6c(c5)c5ccccc5n6-c5ccccc5)ccc43)nc3ccccc23)cc1. The van der Waals surface area contributed by atoms with Gasteiger partial charge in [0.2, 0.25) is 5.95 Å². The quantitative estimate of drug-likeness (QED) is 0.194. The van der Waals surface area contributed by atoms with Crippen molar-refractivity contribution >= 4 is 54.5 Å². The zero-order chi connectivity index (χ0) is 31.6. The molecule has 0 atom stereocenters. The highest BCUT2D eigenvalue weighted by atomic mass is 15.2. The highest BCUT2D eigenvalue weighted by molar-refractivity contribution is 6.12. The number of hydrogen-bond donors (Lipinski definition) is 0. The summed E-state index contributed by atoms with van der Waals surface area (Å²) in [6, 6.07) is 60.2. The molecule has 4 heteroatoms. The molecule has 49 heavy (non-hydrogen) atoms. The summed E-state index contributed by atoms with van der Waals surface area (Å²) in [5, 5.41) is 5.88. The van der Waals surface area contributed by atoms with Gasteiger partial charge in [-0.15, -0.1) is 0 Å². The molecule has 0 bridgehead atoms. The van der Waals surface area contributed by atoms with Crippen LogP contribution < -0.4 is 0 Å². The molecule has 0 saturated carbocycles. The van der Waals surface area contributed by atoms with Crippen molar-refractivity contribution in [2.75, 3.05) is 0 Å². The summed E-state index contributed by atoms with van der Waals surface area (Å²) in [5.41, 5.74) is 11.0. The van der Waals surface area contributed by atoms with Gasteiger partial charge < -0.3 is 4.57 Å². The fourth-order valence-corrected chi connectivity index (χ4v) is 7.36. The number of benzene rings is 7. The Hall–Kier alpha value is -6.52. The topological polar surface area (TPSA) is 35.6 Å². The van der Waals surface area contributed by atoms with E-state index in [1.807, 2.05) is 12.1 Å². The van der Waals surface area contributed by atoms with Crippen LogP contribution in [0.5, 0.6) is 0 Å². The van der Waals surface area contributed by atoms with Gasteiger partial charge in [0.25, 0.3) is 0 Å². The second kappa shape index (κ2) is 11.3. The van der Waals surface area contributed by atoms with Crippen molar-refractivity contribution in [2.45, 2.75) is 7.43 Å². The van der Waals surface area contributed by atoms with Crippen LogP contribution in [0.25, 0.3) is 88.5 Å². The highest BCUT2D eigenvalue weighted by Crippen LogP contribution is 2.38. The lowest BCUT2D eigenvalue weighted by molar-refractivity contribution is 1.01. The minimum absolute atomic E-state index is 0. The van der Waals surface area contributed by atoms with Gasteiger partial charge in [-0.1, -0.05) is 123 Å². The van der Waals surface area contributed by atoms with Gasteiger partial charge in [-0.25, -0.2) is 9.97 Å². The minimum atomic E-state index is 0. The monoisotopic (exact) mass is 628 g/mol. The maximum Gasteiger partial charge on any atom is 0.235 e. The van der Waals surface area contributed by atoms with Gasteiger partial charge in [-0.2, -0.15) is 0 Å². The van der Waals surface area contributed by atoms with E-state index in [9.17, 15) is 0 Å². The Morgan fingerprint density at radius 3 is 1.49 bits per heavy atom. The van der Waals surface area contributed by atoms with Crippen molar-refractivity contribution in [2.24, 2.45) is 0 Å². The van der Waals surface area contributed by atoms with Crippen LogP contribution >= 0.6 is 0 Å². The zero-order valence-corrected chi connectivity index (χ0v) is 26.0. The van der Waals surface area contributed by atoms with Gasteiger partial charge in [0.15, 0.2) is 0 Å². The number of rotatable bonds is 4. The van der Waals surface area contributed by atoms with Gasteiger partial charge in [0.05, 0.1) is 33.3 Å². The van der Waals surface area contributed by atoms with Crippen LogP contribution in [0.3, 0.4) is 0 Å². The third-order valence-electron chi connectivity index (χ3n) is 9.53. The van der Waals surface area contributed by atoms with E-state index in [0.29, 0.717) is 5.95 Å². The lowest BCUT2D eigenvalue weighted by Gasteiger charge is -2.12. The molecule has 10 aromatic rings. The molecule has 0 aliphatic heterocycles. The molecular weight excluding hydrogens is 597 g/mol. The molecule has 0 amide bonds. The summed E-state index contributed by atoms with van der Waals surface area (Å²) in [7, 11) is 0. The number of fused-ring (bicyclic) bond motifs is 7. The molecule has 0 N–H and O–H groups in total. The standard InChI is InChI=1S/C44H28N4.CH4/c1-3-13-29(14-4-1)43-35-19-7-10-20-38(35)45-44(46-43)48-40-22-12-9-18-34(40)37-28-31(24-26-42(37)48)30-23-25-41-36(27-30)33-17-8-11-21-39(33)47(41)32-15-5-2-6-16-32;/h1-28H;1H4. The van der Waals surface area contributed by atoms with Gasteiger partial charge in [0, 0.05) is 38.2 Å². The fourth-order valence-electron chi connectivity index (χ4n) is 7.36. The maximum atomic E-state index is 5.23. The molecule has 7 aromatic carbocycles. The van der Waals surface area contributed by atoms with E-state index >= 15 is 0 Å². The highest BCUT2D eigenvalue weighted by Gasteiger charge is 2.18. The first-order valence-electron chi connectivity index (χ1n) is 16.3. The van der Waals surface area contributed by atoms with Gasteiger partial charge in [-0.3, -0.25) is 4.57 Å². The van der Waals surface area contributed by atoms with Crippen LogP contribution in [-0.2, 0) is 0 Å². The number of aromatic nitrogens is 4. The van der Waals surface area contributed by atoms with Crippen molar-refractivity contribution < 1.29 is 0 Å². The lowest BCUT2D eigenvalue weighted by atomic mass is 10.0. The maximum absolute atomic E-state index is 5.23. The predicted octanol–water partition coefficient (Wildman–Crippen LogP) is 11.8. The predicted molar refractivity (Wildman–Crippen MR) is 206 cm³/mol. The largest absolute Gasteiger partial charge is 0.309 e. The molecule has 232 valence electrons. The van der Waals surface area contributed by atoms with E-state index in [1.54, 1.807) is 0 Å². The summed E-state index contributed by atoms with van der Waals surface area (Å²) in [6.45, 7) is 0. The van der Waals surface area contributed by atoms with Crippen molar-refractivity contribution in [1.82, 2.24) is 19.1 Å². The number of para-hydroxylation sites is 4. The first-order valence-corrected chi connectivity index (χ1v) is 16.3. The van der Waals surface area contributed by atoms with Crippen LogP contribution in [0.15, 0.2) is 170 Å². The first kappa shape index (κ1) is 28.7. The lowest BCUT2D eigenvalue weighted by Crippen LogP contribution is -2.03. The van der Waals surface area contributed by atoms with E-state index in [2.05, 4.69) is 167 Å². The van der Waals surface area contributed by atoms with Crippen molar-refractivity contribution in [1.29, 1.82) is 0 Å². The first-order chi connectivity index (χ1) is 23.8. The second-order valence-corrected chi connectivity index (χ2v) is 12.3. The smallest absolute Gasteiger partial charge is 0.235 e. The van der Waals surface area contributed by atoms with Crippen LogP contribution in [-0.4, -0.2) is 19.1 Å². The molecule has 0 aliphatic rings. The normalized spacial score (nSPS) is 11.5. The third kappa shape index (κ3) is 4.45. The Morgan fingerprint density at radius 1 is 0.347 bits per heavy atom. The Labute approximate surface area is 284 Å². The molecule has 3 heterocycles. The van der Waals surface area contributed by atoms with Crippen LogP contribution in [0, 0.1) is 0 Å². The molecule has 0 fully saturated rings. The second-order valence-electron chi connectivity index (χ2n) is 12.3. The van der Waals surface area contributed by atoms with Crippen molar-refractivity contribution in [3.8, 4) is 34.0 Å². The van der Waals surface area contributed by atoms with Crippen LogP contribution in [0.1, 0.15) is 7.43 Å². The molecule has 10 rings (SSSR count). The molecular formula is C45H32N4. The Bertz CT molecular complexity index is 2830. The molecule has 4 nitrogen and oxygen atoms in total. The third-order valence-corrected chi connectivity index (χ3v) is 9.53. The fraction of sp³-hybridized carbons (Fsp3) is 0.0222. The summed E-state index contributed by atoms with van der Waals surface area (Å²) in [6.07, 6.45) is 0. The molecule has 3 aromatic heterocycles. The number of nitrogens with zero attached hydrogens (tertiary/aromatic N) is 4. The summed E-state index contributed by atoms with van der Waals surface area (Å²) in [4.78, 5) is 10.4. The van der Waals surface area contributed by atoms with Crippen molar-refractivity contribution in [3.05, 3.63) is 170 Å². The van der Waals surface area contributed by atoms with Crippen LogP contribution in [0.4, 0.5) is 0 Å². The van der Waals surface area contributed by atoms with E-state index < -0.39 is 0 Å². The average Bonchev–Trinajstić information content (AvgIpc) is 3.67. The molecule has 0 unspecified atom stereocenters. The van der Waals surface area contributed by atoms with E-state index in [0.717, 1.165) is 38.9 Å². The van der Waals surface area contributed by atoms with Gasteiger partial charge >= 0.3 is 0 Å². The molecule has 0 radical (unpaired) electrons. The Kier molecular flexibility index (Phi) is 6.63. The molecule has 0 saturated heterocycles. The Balaban J connectivity index is 0.00000325. The summed E-state index contributed by atoms with van der Waals surface area (Å²) >= 11 is 0. The van der Waals surface area contributed by atoms with E-state index in [1.165, 1.54) is 43.7 Å².